The van der Waals surface area contributed by atoms with Crippen molar-refractivity contribution in [2.75, 3.05) is 51.9 Å². The first-order valence-electron chi connectivity index (χ1n) is 4.94. The molecule has 16 heavy (non-hydrogen) atoms. The largest absolute Gasteiger partial charge is 0.378 e. The Labute approximate surface area is 95.6 Å². The second kappa shape index (κ2) is 9.94. The number of nitrogens with two attached hydrogens (primary N) is 1. The Morgan fingerprint density at radius 1 is 0.875 bits per heavy atom. The van der Waals surface area contributed by atoms with Crippen molar-refractivity contribution >= 4 is 10.1 Å². The SMILES string of the molecule is NCCOCCOCCOCCS(=O)(=O)O. The fourth-order valence-electron chi connectivity index (χ4n) is 0.789. The van der Waals surface area contributed by atoms with Crippen LogP contribution in [-0.2, 0) is 24.3 Å². The van der Waals surface area contributed by atoms with E-state index >= 15 is 0 Å². The maximum atomic E-state index is 10.3. The van der Waals surface area contributed by atoms with Crippen LogP contribution in [0.1, 0.15) is 0 Å². The van der Waals surface area contributed by atoms with Crippen LogP contribution in [-0.4, -0.2) is 64.9 Å². The lowest BCUT2D eigenvalue weighted by Gasteiger charge is -2.05. The fourth-order valence-corrected chi connectivity index (χ4v) is 1.12. The summed E-state index contributed by atoms with van der Waals surface area (Å²) in [6.07, 6.45) is 0. The fraction of sp³-hybridized carbons (Fsp3) is 1.00. The average molecular weight is 257 g/mol. The topological polar surface area (TPSA) is 108 Å². The van der Waals surface area contributed by atoms with E-state index in [9.17, 15) is 8.42 Å². The lowest BCUT2D eigenvalue weighted by molar-refractivity contribution is 0.0187. The van der Waals surface area contributed by atoms with Crippen LogP contribution in [0, 0.1) is 0 Å². The van der Waals surface area contributed by atoms with E-state index in [1.165, 1.54) is 0 Å². The Bertz CT molecular complexity index is 243. The van der Waals surface area contributed by atoms with E-state index in [2.05, 4.69) is 0 Å². The smallest absolute Gasteiger partial charge is 0.267 e. The van der Waals surface area contributed by atoms with Gasteiger partial charge in [-0.1, -0.05) is 0 Å². The average Bonchev–Trinajstić information content (AvgIpc) is 2.19. The number of hydrogen-bond donors (Lipinski definition) is 2. The summed E-state index contributed by atoms with van der Waals surface area (Å²) in [4.78, 5) is 0. The van der Waals surface area contributed by atoms with E-state index in [-0.39, 0.29) is 13.2 Å². The zero-order valence-corrected chi connectivity index (χ0v) is 9.95. The van der Waals surface area contributed by atoms with Crippen LogP contribution in [0.2, 0.25) is 0 Å². The Balaban J connectivity index is 3.05. The molecule has 0 aliphatic heterocycles. The molecule has 8 heteroatoms. The number of ether oxygens (including phenoxy) is 3. The summed E-state index contributed by atoms with van der Waals surface area (Å²) < 4.78 is 44.0. The van der Waals surface area contributed by atoms with Gasteiger partial charge in [-0.05, 0) is 0 Å². The van der Waals surface area contributed by atoms with E-state index in [0.29, 0.717) is 33.0 Å². The molecule has 0 aliphatic carbocycles. The van der Waals surface area contributed by atoms with Gasteiger partial charge < -0.3 is 19.9 Å². The molecule has 0 heterocycles. The molecule has 0 radical (unpaired) electrons. The van der Waals surface area contributed by atoms with E-state index in [1.54, 1.807) is 0 Å². The van der Waals surface area contributed by atoms with Gasteiger partial charge in [-0.2, -0.15) is 8.42 Å². The predicted molar refractivity (Wildman–Crippen MR) is 57.9 cm³/mol. The van der Waals surface area contributed by atoms with Crippen LogP contribution >= 0.6 is 0 Å². The molecule has 0 spiro atoms. The van der Waals surface area contributed by atoms with Crippen molar-refractivity contribution in [2.45, 2.75) is 0 Å². The van der Waals surface area contributed by atoms with Gasteiger partial charge in [0.2, 0.25) is 0 Å². The first kappa shape index (κ1) is 15.8. The monoisotopic (exact) mass is 257 g/mol. The highest BCUT2D eigenvalue weighted by Gasteiger charge is 2.02. The van der Waals surface area contributed by atoms with Gasteiger partial charge in [-0.25, -0.2) is 0 Å². The van der Waals surface area contributed by atoms with Crippen LogP contribution in [0.3, 0.4) is 0 Å². The van der Waals surface area contributed by atoms with E-state index in [0.717, 1.165) is 0 Å². The van der Waals surface area contributed by atoms with Crippen molar-refractivity contribution in [3.63, 3.8) is 0 Å². The van der Waals surface area contributed by atoms with Crippen LogP contribution in [0.15, 0.2) is 0 Å². The molecule has 98 valence electrons. The molecule has 0 fully saturated rings. The van der Waals surface area contributed by atoms with Crippen molar-refractivity contribution in [1.29, 1.82) is 0 Å². The molecule has 3 N–H and O–H groups in total. The zero-order valence-electron chi connectivity index (χ0n) is 9.13. The van der Waals surface area contributed by atoms with Crippen LogP contribution < -0.4 is 5.73 Å². The van der Waals surface area contributed by atoms with Gasteiger partial charge in [0, 0.05) is 6.54 Å². The highest BCUT2D eigenvalue weighted by atomic mass is 32.2. The summed E-state index contributed by atoms with van der Waals surface area (Å²) >= 11 is 0. The van der Waals surface area contributed by atoms with Crippen LogP contribution in [0.25, 0.3) is 0 Å². The molecule has 0 saturated heterocycles. The van der Waals surface area contributed by atoms with Crippen LogP contribution in [0.5, 0.6) is 0 Å². The van der Waals surface area contributed by atoms with Crippen molar-refractivity contribution in [2.24, 2.45) is 5.73 Å². The summed E-state index contributed by atoms with van der Waals surface area (Å²) in [5.74, 6) is -0.396. The normalized spacial score (nSPS) is 11.9. The standard InChI is InChI=1S/C8H19NO6S/c9-1-2-13-3-4-14-5-6-15-7-8-16(10,11)12/h1-9H2,(H,10,11,12). The second-order valence-corrected chi connectivity index (χ2v) is 4.48. The lowest BCUT2D eigenvalue weighted by atomic mass is 10.7. The number of rotatable bonds is 11. The molecule has 0 bridgehead atoms. The Morgan fingerprint density at radius 2 is 1.31 bits per heavy atom. The molecule has 0 aromatic carbocycles. The molecule has 0 atom stereocenters. The molecule has 0 aliphatic rings. The van der Waals surface area contributed by atoms with Gasteiger partial charge in [0.25, 0.3) is 10.1 Å². The zero-order chi connectivity index (χ0) is 12.3. The summed E-state index contributed by atoms with van der Waals surface area (Å²) in [5.41, 5.74) is 5.20. The third-order valence-electron chi connectivity index (χ3n) is 1.49. The highest BCUT2D eigenvalue weighted by molar-refractivity contribution is 7.85. The molecular formula is C8H19NO6S. The summed E-state index contributed by atoms with van der Waals surface area (Å²) in [6, 6.07) is 0. The molecule has 0 aromatic rings. The second-order valence-electron chi connectivity index (χ2n) is 2.91. The van der Waals surface area contributed by atoms with E-state index < -0.39 is 15.9 Å². The first-order chi connectivity index (χ1) is 7.56. The Morgan fingerprint density at radius 3 is 1.75 bits per heavy atom. The van der Waals surface area contributed by atoms with Gasteiger partial charge in [0.05, 0.1) is 45.4 Å². The summed E-state index contributed by atoms with van der Waals surface area (Å²) in [5, 5.41) is 0. The maximum absolute atomic E-state index is 10.3. The van der Waals surface area contributed by atoms with E-state index in [1.807, 2.05) is 0 Å². The third kappa shape index (κ3) is 13.8. The Hall–Kier alpha value is -0.250. The Kier molecular flexibility index (Phi) is 9.78. The van der Waals surface area contributed by atoms with Crippen molar-refractivity contribution in [3.8, 4) is 0 Å². The van der Waals surface area contributed by atoms with Crippen molar-refractivity contribution in [1.82, 2.24) is 0 Å². The quantitative estimate of drug-likeness (QED) is 0.356. The minimum Gasteiger partial charge on any atom is -0.378 e. The van der Waals surface area contributed by atoms with Gasteiger partial charge >= 0.3 is 0 Å². The predicted octanol–water partition coefficient (Wildman–Crippen LogP) is -1.12. The first-order valence-corrected chi connectivity index (χ1v) is 6.55. The third-order valence-corrected chi connectivity index (χ3v) is 2.17. The molecule has 7 nitrogen and oxygen atoms in total. The molecule has 0 saturated carbocycles. The molecule has 0 unspecified atom stereocenters. The molecular weight excluding hydrogens is 238 g/mol. The maximum Gasteiger partial charge on any atom is 0.267 e. The van der Waals surface area contributed by atoms with Gasteiger partial charge in [0.1, 0.15) is 0 Å². The number of hydrogen-bond acceptors (Lipinski definition) is 6. The molecule has 0 aromatic heterocycles. The summed E-state index contributed by atoms with van der Waals surface area (Å²) in [6.45, 7) is 2.52. The van der Waals surface area contributed by atoms with Gasteiger partial charge in [-0.15, -0.1) is 0 Å². The summed E-state index contributed by atoms with van der Waals surface area (Å²) in [7, 11) is -3.93. The minimum absolute atomic E-state index is 0.0358. The lowest BCUT2D eigenvalue weighted by Crippen LogP contribution is -2.15. The van der Waals surface area contributed by atoms with E-state index in [4.69, 9.17) is 24.5 Å². The molecule has 0 amide bonds. The van der Waals surface area contributed by atoms with Gasteiger partial charge in [-0.3, -0.25) is 4.55 Å². The molecule has 0 rings (SSSR count). The van der Waals surface area contributed by atoms with Crippen LogP contribution in [0.4, 0.5) is 0 Å². The minimum atomic E-state index is -3.93. The van der Waals surface area contributed by atoms with Crippen molar-refractivity contribution in [3.05, 3.63) is 0 Å². The highest BCUT2D eigenvalue weighted by Crippen LogP contribution is 1.85. The van der Waals surface area contributed by atoms with Crippen molar-refractivity contribution < 1.29 is 27.2 Å². The van der Waals surface area contributed by atoms with Gasteiger partial charge in [0.15, 0.2) is 0 Å².